The molecular weight excluding hydrogens is 1090 g/mol. The summed E-state index contributed by atoms with van der Waals surface area (Å²) in [4.78, 5) is 26.7. The first kappa shape index (κ1) is 81.9. The van der Waals surface area contributed by atoms with Gasteiger partial charge in [-0.3, -0.25) is 9.59 Å². The van der Waals surface area contributed by atoms with Crippen LogP contribution in [-0.4, -0.2) is 99.6 Å². The van der Waals surface area contributed by atoms with Crippen LogP contribution in [0.2, 0.25) is 0 Å². The average Bonchev–Trinajstić information content (AvgIpc) is 2.32. The molecule has 11 heteroatoms. The van der Waals surface area contributed by atoms with E-state index in [-0.39, 0.29) is 19.4 Å². The van der Waals surface area contributed by atoms with Gasteiger partial charge in [-0.15, -0.1) is 0 Å². The lowest BCUT2D eigenvalue weighted by molar-refractivity contribution is -0.305. The summed E-state index contributed by atoms with van der Waals surface area (Å²) in [5.74, 6) is -1.21. The summed E-state index contributed by atoms with van der Waals surface area (Å²) < 4.78 is 17.7. The number of ether oxygens (including phenoxy) is 3. The Balaban J connectivity index is 2.59. The zero-order valence-electron chi connectivity index (χ0n) is 56.1. The van der Waals surface area contributed by atoms with E-state index in [1.807, 2.05) is 6.08 Å². The van der Waals surface area contributed by atoms with Crippen molar-refractivity contribution in [3.05, 3.63) is 85.1 Å². The SMILES string of the molecule is CC/C=C\C/C=C\C/C=C\C/C=C\C/C=C\CCCCCCCC(=O)OC1C(OCC(NC(=O)C(O)CCCCCCCCCCCCCCCC/C=C/CCCCCCCC)C(O)/C=C/CCCCCCCCCCCCC)OC(CO)C(O)C1O. The molecule has 0 bridgehead atoms. The van der Waals surface area contributed by atoms with E-state index in [0.717, 1.165) is 103 Å². The van der Waals surface area contributed by atoms with Crippen molar-refractivity contribution in [1.82, 2.24) is 5.32 Å². The van der Waals surface area contributed by atoms with Crippen molar-refractivity contribution in [2.75, 3.05) is 13.2 Å². The van der Waals surface area contributed by atoms with Crippen LogP contribution < -0.4 is 5.32 Å². The molecule has 1 rings (SSSR count). The number of esters is 1. The van der Waals surface area contributed by atoms with Gasteiger partial charge in [0.15, 0.2) is 12.4 Å². The van der Waals surface area contributed by atoms with Crippen molar-refractivity contribution < 1.29 is 49.3 Å². The molecule has 0 saturated carbocycles. The molecule has 504 valence electrons. The lowest BCUT2D eigenvalue weighted by Gasteiger charge is -2.41. The number of aliphatic hydroxyl groups is 5. The van der Waals surface area contributed by atoms with Crippen LogP contribution in [0.4, 0.5) is 0 Å². The molecule has 8 unspecified atom stereocenters. The topological polar surface area (TPSA) is 175 Å². The molecular formula is C76H135NO10. The molecule has 8 atom stereocenters. The zero-order chi connectivity index (χ0) is 63.1. The quantitative estimate of drug-likeness (QED) is 0.0195. The van der Waals surface area contributed by atoms with Gasteiger partial charge in [-0.05, 0) is 96.3 Å². The molecule has 1 aliphatic rings. The van der Waals surface area contributed by atoms with Crippen molar-refractivity contribution in [1.29, 1.82) is 0 Å². The molecule has 6 N–H and O–H groups in total. The maximum Gasteiger partial charge on any atom is 0.306 e. The zero-order valence-corrected chi connectivity index (χ0v) is 56.1. The Hall–Kier alpha value is -3.16. The second-order valence-electron chi connectivity index (χ2n) is 24.9. The molecule has 0 radical (unpaired) electrons. The number of nitrogens with one attached hydrogen (secondary N) is 1. The monoisotopic (exact) mass is 1220 g/mol. The van der Waals surface area contributed by atoms with Crippen molar-refractivity contribution in [3.8, 4) is 0 Å². The predicted octanol–water partition coefficient (Wildman–Crippen LogP) is 18.8. The van der Waals surface area contributed by atoms with Gasteiger partial charge in [0.2, 0.25) is 5.91 Å². The van der Waals surface area contributed by atoms with Gasteiger partial charge >= 0.3 is 5.97 Å². The van der Waals surface area contributed by atoms with Crippen LogP contribution in [0, 0.1) is 0 Å². The van der Waals surface area contributed by atoms with Crippen molar-refractivity contribution >= 4 is 11.9 Å². The normalized spacial score (nSPS) is 18.7. The molecule has 0 aromatic heterocycles. The van der Waals surface area contributed by atoms with Crippen LogP contribution in [-0.2, 0) is 23.8 Å². The van der Waals surface area contributed by atoms with Crippen molar-refractivity contribution in [2.45, 2.75) is 372 Å². The molecule has 0 aliphatic carbocycles. The number of hydrogen-bond donors (Lipinski definition) is 6. The third-order valence-electron chi connectivity index (χ3n) is 16.8. The highest BCUT2D eigenvalue weighted by molar-refractivity contribution is 5.80. The van der Waals surface area contributed by atoms with Crippen LogP contribution in [0.15, 0.2) is 85.1 Å². The lowest BCUT2D eigenvalue weighted by atomic mass is 9.99. The summed E-state index contributed by atoms with van der Waals surface area (Å²) in [5.41, 5.74) is 0. The largest absolute Gasteiger partial charge is 0.454 e. The van der Waals surface area contributed by atoms with Crippen molar-refractivity contribution in [2.24, 2.45) is 0 Å². The number of allylic oxidation sites excluding steroid dienone is 13. The Morgan fingerprint density at radius 3 is 1.25 bits per heavy atom. The first-order chi connectivity index (χ1) is 42.7. The molecule has 0 spiro atoms. The van der Waals surface area contributed by atoms with Crippen LogP contribution >= 0.6 is 0 Å². The Bertz CT molecular complexity index is 1740. The van der Waals surface area contributed by atoms with Crippen LogP contribution in [0.5, 0.6) is 0 Å². The Labute approximate surface area is 533 Å². The van der Waals surface area contributed by atoms with Gasteiger partial charge in [-0.25, -0.2) is 0 Å². The Kier molecular flexibility index (Phi) is 59.3. The van der Waals surface area contributed by atoms with Gasteiger partial charge in [0.25, 0.3) is 0 Å². The molecule has 1 heterocycles. The highest BCUT2D eigenvalue weighted by Gasteiger charge is 2.47. The number of amides is 1. The van der Waals surface area contributed by atoms with Gasteiger partial charge in [-0.2, -0.15) is 0 Å². The molecule has 87 heavy (non-hydrogen) atoms. The number of hydrogen-bond acceptors (Lipinski definition) is 10. The third-order valence-corrected chi connectivity index (χ3v) is 16.8. The number of rotatable bonds is 62. The Morgan fingerprint density at radius 2 is 0.828 bits per heavy atom. The molecule has 0 aromatic carbocycles. The fourth-order valence-corrected chi connectivity index (χ4v) is 11.1. The highest BCUT2D eigenvalue weighted by Crippen LogP contribution is 2.26. The van der Waals surface area contributed by atoms with E-state index in [4.69, 9.17) is 14.2 Å². The third kappa shape index (κ3) is 50.2. The average molecular weight is 1220 g/mol. The van der Waals surface area contributed by atoms with E-state index in [1.165, 1.54) is 173 Å². The fraction of sp³-hybridized carbons (Fsp3) is 0.789. The fourth-order valence-electron chi connectivity index (χ4n) is 11.1. The summed E-state index contributed by atoms with van der Waals surface area (Å²) >= 11 is 0. The number of unbranched alkanes of at least 4 members (excludes halogenated alkanes) is 36. The summed E-state index contributed by atoms with van der Waals surface area (Å²) in [6.07, 6.45) is 73.3. The maximum atomic E-state index is 13.5. The molecule has 1 amide bonds. The van der Waals surface area contributed by atoms with Gasteiger partial charge in [0, 0.05) is 6.42 Å². The summed E-state index contributed by atoms with van der Waals surface area (Å²) in [5, 5.41) is 57.3. The van der Waals surface area contributed by atoms with Crippen LogP contribution in [0.25, 0.3) is 0 Å². The van der Waals surface area contributed by atoms with E-state index in [1.54, 1.807) is 6.08 Å². The van der Waals surface area contributed by atoms with E-state index >= 15 is 0 Å². The summed E-state index contributed by atoms with van der Waals surface area (Å²) in [6, 6.07) is -1.03. The number of aliphatic hydroxyl groups excluding tert-OH is 5. The second-order valence-corrected chi connectivity index (χ2v) is 24.9. The van der Waals surface area contributed by atoms with E-state index in [9.17, 15) is 35.1 Å². The minimum atomic E-state index is -1.63. The van der Waals surface area contributed by atoms with Gasteiger partial charge in [-0.1, -0.05) is 305 Å². The lowest BCUT2D eigenvalue weighted by Crippen LogP contribution is -2.61. The summed E-state index contributed by atoms with van der Waals surface area (Å²) in [6.45, 7) is 5.70. The smallest absolute Gasteiger partial charge is 0.306 e. The first-order valence-electron chi connectivity index (χ1n) is 36.4. The number of carbonyl (C=O) groups excluding carboxylic acids is 2. The van der Waals surface area contributed by atoms with Crippen LogP contribution in [0.1, 0.15) is 323 Å². The Morgan fingerprint density at radius 1 is 0.460 bits per heavy atom. The second kappa shape index (κ2) is 63.0. The first-order valence-corrected chi connectivity index (χ1v) is 36.4. The van der Waals surface area contributed by atoms with E-state index < -0.39 is 67.4 Å². The molecule has 1 saturated heterocycles. The standard InChI is InChI=1S/C76H135NO10/c1-4-7-10-13-16-19-22-25-27-29-31-33-34-35-37-38-40-42-45-48-51-54-57-60-63-69(80)75(84)77-67(68(79)62-59-56-53-50-47-44-24-21-18-15-12-9-6-3)66-85-76-74(73(83)72(82)70(65-78)86-76)87-71(81)64-61-58-55-52-49-46-43-41-39-36-32-30-28-26-23-20-17-14-11-8-5-2/h8,11,17,20,25-28,32,36,41,43,59,62,67-70,72-74,76,78-80,82-83H,4-7,9-10,12-16,18-19,21-24,29-31,33-35,37-40,42,44-58,60-61,63-66H2,1-3H3,(H,77,84)/b11-8-,20-17-,27-25+,28-26-,36-32-,43-41-,62-59+. The highest BCUT2D eigenvalue weighted by atomic mass is 16.7. The van der Waals surface area contributed by atoms with Crippen LogP contribution in [0.3, 0.4) is 0 Å². The molecule has 0 aromatic rings. The van der Waals surface area contributed by atoms with Gasteiger partial charge in [0.1, 0.15) is 24.4 Å². The van der Waals surface area contributed by atoms with Crippen molar-refractivity contribution in [3.63, 3.8) is 0 Å². The maximum absolute atomic E-state index is 13.5. The number of carbonyl (C=O) groups is 2. The molecule has 1 fully saturated rings. The van der Waals surface area contributed by atoms with Gasteiger partial charge < -0.3 is 45.1 Å². The minimum absolute atomic E-state index is 0.0990. The van der Waals surface area contributed by atoms with E-state index in [2.05, 4.69) is 99.0 Å². The summed E-state index contributed by atoms with van der Waals surface area (Å²) in [7, 11) is 0. The minimum Gasteiger partial charge on any atom is -0.454 e. The van der Waals surface area contributed by atoms with Gasteiger partial charge in [0.05, 0.1) is 25.4 Å². The molecule has 1 aliphatic heterocycles. The van der Waals surface area contributed by atoms with E-state index in [0.29, 0.717) is 12.8 Å². The predicted molar refractivity (Wildman–Crippen MR) is 366 cm³/mol. The molecule has 11 nitrogen and oxygen atoms in total.